The van der Waals surface area contributed by atoms with Crippen LogP contribution in [0.4, 0.5) is 18.9 Å². The van der Waals surface area contributed by atoms with Gasteiger partial charge in [0.25, 0.3) is 11.8 Å². The van der Waals surface area contributed by atoms with Gasteiger partial charge in [0, 0.05) is 5.69 Å². The lowest BCUT2D eigenvalue weighted by Gasteiger charge is -2.12. The first kappa shape index (κ1) is 24.6. The van der Waals surface area contributed by atoms with E-state index in [4.69, 9.17) is 21.4 Å². The number of rotatable bonds is 7. The van der Waals surface area contributed by atoms with Crippen LogP contribution in [0.3, 0.4) is 0 Å². The summed E-state index contributed by atoms with van der Waals surface area (Å²) < 4.78 is 49.7. The number of hydrogen-bond acceptors (Lipinski definition) is 6. The molecular weight excluding hydrogens is 501 g/mol. The molecule has 4 rings (SSSR count). The van der Waals surface area contributed by atoms with E-state index in [0.29, 0.717) is 26.3 Å². The minimum Gasteiger partial charge on any atom is -0.484 e. The van der Waals surface area contributed by atoms with E-state index < -0.39 is 24.3 Å². The zero-order chi connectivity index (χ0) is 25.0. The summed E-state index contributed by atoms with van der Waals surface area (Å²) >= 11 is 6.48. The Morgan fingerprint density at radius 2 is 1.94 bits per heavy atom. The number of alkyl halides is 3. The maximum Gasteiger partial charge on any atom is 0.416 e. The van der Waals surface area contributed by atoms with Crippen LogP contribution in [0, 0.1) is 0 Å². The summed E-state index contributed by atoms with van der Waals surface area (Å²) in [6.07, 6.45) is -1.32. The van der Waals surface area contributed by atoms with Gasteiger partial charge in [-0.05, 0) is 54.1 Å². The molecule has 2 aromatic carbocycles. The molecule has 2 amide bonds. The summed E-state index contributed by atoms with van der Waals surface area (Å²) in [4.78, 5) is 26.8. The summed E-state index contributed by atoms with van der Waals surface area (Å²) in [6, 6.07) is 14.5. The van der Waals surface area contributed by atoms with Crippen molar-refractivity contribution in [3.05, 3.63) is 88.7 Å². The summed E-state index contributed by atoms with van der Waals surface area (Å²) in [5.41, 5.74) is -0.198. The van der Waals surface area contributed by atoms with Crippen molar-refractivity contribution in [1.82, 2.24) is 4.90 Å². The highest BCUT2D eigenvalue weighted by Gasteiger charge is 2.32. The zero-order valence-corrected chi connectivity index (χ0v) is 19.5. The molecular formula is C24H17F3N2O4S2. The Kier molecular flexibility index (Phi) is 7.27. The third-order valence-electron chi connectivity index (χ3n) is 4.77. The predicted molar refractivity (Wildman–Crippen MR) is 129 cm³/mol. The lowest BCUT2D eigenvalue weighted by molar-refractivity contribution is -0.137. The largest absolute Gasteiger partial charge is 0.484 e. The van der Waals surface area contributed by atoms with Gasteiger partial charge in [0.2, 0.25) is 0 Å². The van der Waals surface area contributed by atoms with E-state index in [-0.39, 0.29) is 18.1 Å². The number of halogens is 3. The van der Waals surface area contributed by atoms with E-state index in [9.17, 15) is 22.8 Å². The monoisotopic (exact) mass is 518 g/mol. The molecule has 0 radical (unpaired) electrons. The van der Waals surface area contributed by atoms with Crippen LogP contribution in [-0.2, 0) is 22.3 Å². The molecule has 0 aliphatic carbocycles. The second-order valence-electron chi connectivity index (χ2n) is 7.34. The molecule has 6 nitrogen and oxygen atoms in total. The topological polar surface area (TPSA) is 71.8 Å². The number of nitrogens with zero attached hydrogens (tertiary/aromatic N) is 1. The number of benzene rings is 2. The normalized spacial score (nSPS) is 15.1. The number of nitrogens with one attached hydrogen (secondary N) is 1. The van der Waals surface area contributed by atoms with E-state index in [2.05, 4.69) is 5.32 Å². The lowest BCUT2D eigenvalue weighted by atomic mass is 10.2. The molecule has 35 heavy (non-hydrogen) atoms. The number of amides is 2. The average Bonchev–Trinajstić information content (AvgIpc) is 3.42. The van der Waals surface area contributed by atoms with Gasteiger partial charge in [-0.25, -0.2) is 0 Å². The van der Waals surface area contributed by atoms with Crippen molar-refractivity contribution in [2.24, 2.45) is 0 Å². The molecule has 0 saturated carbocycles. The Hall–Kier alpha value is -3.57. The van der Waals surface area contributed by atoms with Crippen molar-refractivity contribution in [2.75, 3.05) is 11.9 Å². The highest BCUT2D eigenvalue weighted by Crippen LogP contribution is 2.34. The summed E-state index contributed by atoms with van der Waals surface area (Å²) in [5, 5.41) is 2.38. The number of anilines is 1. The zero-order valence-electron chi connectivity index (χ0n) is 17.9. The molecule has 0 unspecified atom stereocenters. The Morgan fingerprint density at radius 1 is 1.14 bits per heavy atom. The molecule has 1 saturated heterocycles. The van der Waals surface area contributed by atoms with Crippen molar-refractivity contribution in [3.8, 4) is 5.75 Å². The smallest absolute Gasteiger partial charge is 0.416 e. The highest BCUT2D eigenvalue weighted by atomic mass is 32.2. The molecule has 0 spiro atoms. The quantitative estimate of drug-likeness (QED) is 0.319. The predicted octanol–water partition coefficient (Wildman–Crippen LogP) is 5.72. The molecule has 0 bridgehead atoms. The van der Waals surface area contributed by atoms with Gasteiger partial charge in [-0.2, -0.15) is 13.2 Å². The minimum absolute atomic E-state index is 0.0127. The molecule has 180 valence electrons. The Morgan fingerprint density at radius 3 is 2.69 bits per heavy atom. The fourth-order valence-electron chi connectivity index (χ4n) is 3.16. The summed E-state index contributed by atoms with van der Waals surface area (Å²) in [5.74, 6) is 0.0991. The van der Waals surface area contributed by atoms with Gasteiger partial charge in [0.1, 0.15) is 15.8 Å². The highest BCUT2D eigenvalue weighted by molar-refractivity contribution is 8.26. The lowest BCUT2D eigenvalue weighted by Crippen LogP contribution is -2.27. The van der Waals surface area contributed by atoms with Crippen LogP contribution in [0.25, 0.3) is 6.08 Å². The number of hydrogen-bond donors (Lipinski definition) is 1. The number of thiocarbonyl (C=S) groups is 1. The summed E-state index contributed by atoms with van der Waals surface area (Å²) in [7, 11) is 0. The second kappa shape index (κ2) is 10.4. The van der Waals surface area contributed by atoms with Crippen molar-refractivity contribution < 1.29 is 31.9 Å². The molecule has 2 heterocycles. The van der Waals surface area contributed by atoms with Gasteiger partial charge in [-0.3, -0.25) is 14.5 Å². The Labute approximate surface area is 207 Å². The fraction of sp³-hybridized carbons (Fsp3) is 0.125. The third kappa shape index (κ3) is 6.31. The molecule has 1 fully saturated rings. The van der Waals surface area contributed by atoms with Crippen LogP contribution in [-0.4, -0.2) is 27.6 Å². The van der Waals surface area contributed by atoms with Crippen LogP contribution in [0.15, 0.2) is 76.2 Å². The number of furan rings is 1. The Bertz CT molecular complexity index is 1290. The standard InChI is InChI=1S/C24H17F3N2O4S2/c25-24(26,27)16-5-2-6-17(12-16)28-21(30)14-33-18-7-1-4-15(10-18)11-20-22(31)29(23(34)35-20)13-19-8-3-9-32-19/h1-12H,13-14H2,(H,28,30)/b20-11-. The van der Waals surface area contributed by atoms with Gasteiger partial charge < -0.3 is 14.5 Å². The van der Waals surface area contributed by atoms with Gasteiger partial charge >= 0.3 is 6.18 Å². The van der Waals surface area contributed by atoms with Gasteiger partial charge in [0.15, 0.2) is 6.61 Å². The van der Waals surface area contributed by atoms with E-state index in [1.807, 2.05) is 0 Å². The number of ether oxygens (including phenoxy) is 1. The molecule has 0 atom stereocenters. The molecule has 3 aromatic rings. The van der Waals surface area contributed by atoms with Crippen LogP contribution in [0.1, 0.15) is 16.9 Å². The van der Waals surface area contributed by atoms with Gasteiger partial charge in [0.05, 0.1) is 23.3 Å². The van der Waals surface area contributed by atoms with Crippen molar-refractivity contribution in [1.29, 1.82) is 0 Å². The SMILES string of the molecule is O=C(COc1cccc(/C=C2\SC(=S)N(Cc3ccco3)C2=O)c1)Nc1cccc(C(F)(F)F)c1. The van der Waals surface area contributed by atoms with Crippen LogP contribution >= 0.6 is 24.0 Å². The molecule has 1 aromatic heterocycles. The fourth-order valence-corrected chi connectivity index (χ4v) is 4.41. The average molecular weight is 519 g/mol. The van der Waals surface area contributed by atoms with Crippen LogP contribution in [0.5, 0.6) is 5.75 Å². The van der Waals surface area contributed by atoms with E-state index >= 15 is 0 Å². The summed E-state index contributed by atoms with van der Waals surface area (Å²) in [6.45, 7) is -0.176. The molecule has 1 aliphatic heterocycles. The third-order valence-corrected chi connectivity index (χ3v) is 6.14. The van der Waals surface area contributed by atoms with Crippen LogP contribution in [0.2, 0.25) is 0 Å². The Balaban J connectivity index is 1.37. The second-order valence-corrected chi connectivity index (χ2v) is 9.01. The van der Waals surface area contributed by atoms with E-state index in [1.165, 1.54) is 35.1 Å². The number of carbonyl (C=O) groups is 2. The maximum absolute atomic E-state index is 12.8. The first-order chi connectivity index (χ1) is 16.7. The van der Waals surface area contributed by atoms with E-state index in [0.717, 1.165) is 12.1 Å². The number of carbonyl (C=O) groups excluding carboxylic acids is 2. The van der Waals surface area contributed by atoms with E-state index in [1.54, 1.807) is 42.5 Å². The van der Waals surface area contributed by atoms with Gasteiger partial charge in [-0.15, -0.1) is 0 Å². The molecule has 11 heteroatoms. The maximum atomic E-state index is 12.8. The van der Waals surface area contributed by atoms with Crippen molar-refractivity contribution in [2.45, 2.75) is 12.7 Å². The number of thioether (sulfide) groups is 1. The molecule has 1 N–H and O–H groups in total. The van der Waals surface area contributed by atoms with Crippen LogP contribution < -0.4 is 10.1 Å². The van der Waals surface area contributed by atoms with Crippen molar-refractivity contribution >= 4 is 51.9 Å². The molecule has 1 aliphatic rings. The van der Waals surface area contributed by atoms with Crippen molar-refractivity contribution in [3.63, 3.8) is 0 Å². The minimum atomic E-state index is -4.51. The van der Waals surface area contributed by atoms with Gasteiger partial charge in [-0.1, -0.05) is 42.2 Å². The first-order valence-corrected chi connectivity index (χ1v) is 11.4. The first-order valence-electron chi connectivity index (χ1n) is 10.2.